The molecule has 38 heavy (non-hydrogen) atoms. The maximum Gasteiger partial charge on any atom is 0.405 e. The highest BCUT2D eigenvalue weighted by molar-refractivity contribution is 9.10. The Morgan fingerprint density at radius 1 is 1.11 bits per heavy atom. The second kappa shape index (κ2) is 11.4. The maximum atomic E-state index is 13.4. The molecule has 4 rings (SSSR count). The van der Waals surface area contributed by atoms with Crippen molar-refractivity contribution in [1.82, 2.24) is 14.9 Å². The molecule has 0 radical (unpaired) electrons. The third kappa shape index (κ3) is 6.20. The van der Waals surface area contributed by atoms with Crippen molar-refractivity contribution in [1.29, 1.82) is 0 Å². The quantitative estimate of drug-likeness (QED) is 0.439. The molecule has 11 nitrogen and oxygen atoms in total. The van der Waals surface area contributed by atoms with Crippen LogP contribution in [-0.4, -0.2) is 61.4 Å². The zero-order valence-electron chi connectivity index (χ0n) is 20.7. The molecule has 1 aliphatic carbocycles. The van der Waals surface area contributed by atoms with Crippen molar-refractivity contribution in [2.45, 2.75) is 73.9 Å². The zero-order chi connectivity index (χ0) is 27.5. The average Bonchev–Trinajstić information content (AvgIpc) is 3.31. The lowest BCUT2D eigenvalue weighted by molar-refractivity contribution is -0.146. The lowest BCUT2D eigenvalue weighted by Gasteiger charge is -2.29. The molecule has 13 heteroatoms. The molecule has 206 valence electrons. The smallest absolute Gasteiger partial charge is 0.405 e. The molecule has 4 unspecified atom stereocenters. The first kappa shape index (κ1) is 28.1. The van der Waals surface area contributed by atoms with E-state index in [2.05, 4.69) is 26.0 Å². The minimum Gasteiger partial charge on any atom is -0.436 e. The van der Waals surface area contributed by atoms with Gasteiger partial charge < -0.3 is 20.7 Å². The van der Waals surface area contributed by atoms with E-state index in [0.29, 0.717) is 36.6 Å². The van der Waals surface area contributed by atoms with Crippen LogP contribution in [0.5, 0.6) is 0 Å². The number of allylic oxidation sites excluding steroid dienone is 1. The molecule has 2 heterocycles. The summed E-state index contributed by atoms with van der Waals surface area (Å²) in [5.74, 6) is -2.29. The molecule has 3 aliphatic rings. The predicted octanol–water partition coefficient (Wildman–Crippen LogP) is 2.10. The van der Waals surface area contributed by atoms with Crippen molar-refractivity contribution in [2.75, 3.05) is 6.54 Å². The number of ether oxygens (including phenoxy) is 1. The van der Waals surface area contributed by atoms with Crippen molar-refractivity contribution >= 4 is 49.8 Å². The molecule has 4 atom stereocenters. The fraction of sp³-hybridized carbons (Fsp3) is 0.520. The van der Waals surface area contributed by atoms with Crippen molar-refractivity contribution in [3.05, 3.63) is 40.9 Å². The van der Waals surface area contributed by atoms with Gasteiger partial charge in [0.2, 0.25) is 5.91 Å². The number of nitrogens with zero attached hydrogens (tertiary/aromatic N) is 1. The molecule has 0 bridgehead atoms. The Hall–Kier alpha value is -2.93. The SMILES string of the molecule is NC(=O)OC1CCCCC/C=C/C2CC2(C(=O)NS(=O)(=O)c2ccc(Br)cc2)NC(=O)C2CCCN2C1=O. The molecule has 1 aromatic carbocycles. The summed E-state index contributed by atoms with van der Waals surface area (Å²) in [5.41, 5.74) is 3.73. The highest BCUT2D eigenvalue weighted by atomic mass is 79.9. The van der Waals surface area contributed by atoms with E-state index in [1.807, 2.05) is 12.2 Å². The molecule has 1 saturated heterocycles. The van der Waals surface area contributed by atoms with Gasteiger partial charge in [-0.3, -0.25) is 14.4 Å². The van der Waals surface area contributed by atoms with Crippen LogP contribution in [-0.2, 0) is 29.1 Å². The van der Waals surface area contributed by atoms with Crippen LogP contribution in [0.15, 0.2) is 45.8 Å². The van der Waals surface area contributed by atoms with Crippen molar-refractivity contribution < 1.29 is 32.3 Å². The molecule has 2 aliphatic heterocycles. The molecule has 4 N–H and O–H groups in total. The van der Waals surface area contributed by atoms with E-state index in [1.54, 1.807) is 12.1 Å². The van der Waals surface area contributed by atoms with Crippen molar-refractivity contribution in [2.24, 2.45) is 11.7 Å². The van der Waals surface area contributed by atoms with E-state index in [4.69, 9.17) is 10.5 Å². The van der Waals surface area contributed by atoms with Gasteiger partial charge in [-0.05, 0) is 69.2 Å². The summed E-state index contributed by atoms with van der Waals surface area (Å²) in [7, 11) is -4.19. The second-order valence-electron chi connectivity index (χ2n) is 9.84. The van der Waals surface area contributed by atoms with Crippen molar-refractivity contribution in [3.63, 3.8) is 0 Å². The second-order valence-corrected chi connectivity index (χ2v) is 12.4. The summed E-state index contributed by atoms with van der Waals surface area (Å²) in [6.07, 6.45) is 5.93. The highest BCUT2D eigenvalue weighted by Crippen LogP contribution is 2.45. The summed E-state index contributed by atoms with van der Waals surface area (Å²) in [6, 6.07) is 4.94. The molecular weight excluding hydrogens is 580 g/mol. The topological polar surface area (TPSA) is 165 Å². The van der Waals surface area contributed by atoms with Gasteiger partial charge in [0, 0.05) is 16.9 Å². The number of nitrogens with one attached hydrogen (secondary N) is 2. The van der Waals surface area contributed by atoms with E-state index >= 15 is 0 Å². The number of sulfonamides is 1. The number of benzene rings is 1. The molecule has 4 amide bonds. The van der Waals surface area contributed by atoms with Crippen LogP contribution >= 0.6 is 15.9 Å². The number of carbonyl (C=O) groups excluding carboxylic acids is 4. The number of nitrogens with two attached hydrogens (primary N) is 1. The zero-order valence-corrected chi connectivity index (χ0v) is 23.1. The lowest BCUT2D eigenvalue weighted by atomic mass is 10.1. The van der Waals surface area contributed by atoms with Crippen molar-refractivity contribution in [3.8, 4) is 0 Å². The number of primary amides is 1. The summed E-state index contributed by atoms with van der Waals surface area (Å²) in [5, 5.41) is 2.77. The van der Waals surface area contributed by atoms with Crippen LogP contribution in [0, 0.1) is 5.92 Å². The molecule has 2 fully saturated rings. The minimum absolute atomic E-state index is 0.0882. The first-order valence-electron chi connectivity index (χ1n) is 12.6. The van der Waals surface area contributed by atoms with E-state index in [1.165, 1.54) is 17.0 Å². The Morgan fingerprint density at radius 3 is 2.55 bits per heavy atom. The predicted molar refractivity (Wildman–Crippen MR) is 140 cm³/mol. The largest absolute Gasteiger partial charge is 0.436 e. The Labute approximate surface area is 229 Å². The third-order valence-electron chi connectivity index (χ3n) is 7.20. The molecule has 0 spiro atoms. The van der Waals surface area contributed by atoms with E-state index in [9.17, 15) is 27.6 Å². The maximum absolute atomic E-state index is 13.4. The Bertz CT molecular complexity index is 1240. The van der Waals surface area contributed by atoms with Gasteiger partial charge in [-0.1, -0.05) is 34.5 Å². The summed E-state index contributed by atoms with van der Waals surface area (Å²) >= 11 is 3.25. The molecule has 1 aromatic rings. The molecule has 1 saturated carbocycles. The van der Waals surface area contributed by atoms with Gasteiger partial charge in [0.05, 0.1) is 4.90 Å². The number of rotatable bonds is 4. The normalized spacial score (nSPS) is 29.1. The van der Waals surface area contributed by atoms with E-state index < -0.39 is 57.4 Å². The number of hydrogen-bond acceptors (Lipinski definition) is 7. The van der Waals surface area contributed by atoms with Gasteiger partial charge in [-0.25, -0.2) is 17.9 Å². The monoisotopic (exact) mass is 610 g/mol. The van der Waals surface area contributed by atoms with Crippen LogP contribution in [0.4, 0.5) is 4.79 Å². The Balaban J connectivity index is 1.58. The lowest BCUT2D eigenvalue weighted by Crippen LogP contribution is -2.57. The molecular formula is C25H31BrN4O7S. The Morgan fingerprint density at radius 2 is 1.84 bits per heavy atom. The summed E-state index contributed by atoms with van der Waals surface area (Å²) < 4.78 is 33.7. The fourth-order valence-electron chi connectivity index (χ4n) is 5.06. The fourth-order valence-corrected chi connectivity index (χ4v) is 6.36. The number of halogens is 1. The minimum atomic E-state index is -4.19. The van der Waals surface area contributed by atoms with Gasteiger partial charge in [-0.15, -0.1) is 0 Å². The van der Waals surface area contributed by atoms with E-state index in [-0.39, 0.29) is 17.9 Å². The number of carbonyl (C=O) groups is 4. The third-order valence-corrected chi connectivity index (χ3v) is 9.07. The van der Waals surface area contributed by atoms with Gasteiger partial charge >= 0.3 is 6.09 Å². The number of amides is 4. The first-order valence-corrected chi connectivity index (χ1v) is 14.9. The van der Waals surface area contributed by atoms with Crippen LogP contribution in [0.3, 0.4) is 0 Å². The average molecular weight is 612 g/mol. The van der Waals surface area contributed by atoms with Gasteiger partial charge in [0.25, 0.3) is 21.8 Å². The van der Waals surface area contributed by atoms with Crippen LogP contribution in [0.1, 0.15) is 51.4 Å². The van der Waals surface area contributed by atoms with Crippen LogP contribution in [0.25, 0.3) is 0 Å². The van der Waals surface area contributed by atoms with Gasteiger partial charge in [0.15, 0.2) is 6.10 Å². The summed E-state index contributed by atoms with van der Waals surface area (Å²) in [6.45, 7) is 0.288. The summed E-state index contributed by atoms with van der Waals surface area (Å²) in [4.78, 5) is 52.8. The standard InChI is InChI=1S/C25H31BrN4O7S/c26-17-10-12-18(13-11-17)38(35,36)29-23(33)25-15-16(25)7-4-2-1-3-5-9-20(37-24(27)34)22(32)30-14-6-8-19(30)21(31)28-25/h4,7,10-13,16,19-20H,1-3,5-6,8-9,14-15H2,(H2,27,34)(H,28,31)(H,29,33)/b7-4+. The number of hydrogen-bond donors (Lipinski definition) is 3. The Kier molecular flexibility index (Phi) is 8.46. The highest BCUT2D eigenvalue weighted by Gasteiger charge is 2.61. The van der Waals surface area contributed by atoms with Gasteiger partial charge in [-0.2, -0.15) is 0 Å². The van der Waals surface area contributed by atoms with Crippen LogP contribution in [0.2, 0.25) is 0 Å². The molecule has 0 aromatic heterocycles. The first-order chi connectivity index (χ1) is 18.0. The van der Waals surface area contributed by atoms with Crippen LogP contribution < -0.4 is 15.8 Å². The number of fused-ring (bicyclic) bond motifs is 2. The van der Waals surface area contributed by atoms with E-state index in [0.717, 1.165) is 12.8 Å². The van der Waals surface area contributed by atoms with Gasteiger partial charge in [0.1, 0.15) is 11.6 Å².